The van der Waals surface area contributed by atoms with Gasteiger partial charge in [0.15, 0.2) is 17.5 Å². The Kier molecular flexibility index (Phi) is 8.05. The van der Waals surface area contributed by atoms with Crippen LogP contribution in [0.3, 0.4) is 0 Å². The monoisotopic (exact) mass is 373 g/mol. The van der Waals surface area contributed by atoms with E-state index in [0.29, 0.717) is 24.7 Å². The Hall–Kier alpha value is -1.47. The van der Waals surface area contributed by atoms with Crippen molar-refractivity contribution in [3.05, 3.63) is 22.2 Å². The Labute approximate surface area is 140 Å². The van der Waals surface area contributed by atoms with Crippen LogP contribution in [0.25, 0.3) is 0 Å². The number of methoxy groups -OCH3 is 3. The molecule has 0 aliphatic heterocycles. The van der Waals surface area contributed by atoms with Gasteiger partial charge in [-0.2, -0.15) is 0 Å². The van der Waals surface area contributed by atoms with Crippen LogP contribution in [0.5, 0.6) is 11.5 Å². The predicted octanol–water partition coefficient (Wildman–Crippen LogP) is 2.17. The Bertz CT molecular complexity index is 509. The van der Waals surface area contributed by atoms with Crippen molar-refractivity contribution in [1.82, 2.24) is 10.6 Å². The number of rotatable bonds is 7. The molecule has 1 rings (SSSR count). The first-order valence-corrected chi connectivity index (χ1v) is 7.71. The highest BCUT2D eigenvalue weighted by atomic mass is 79.9. The van der Waals surface area contributed by atoms with Gasteiger partial charge in [-0.05, 0) is 40.5 Å². The molecule has 0 radical (unpaired) electrons. The van der Waals surface area contributed by atoms with Gasteiger partial charge < -0.3 is 24.8 Å². The molecular formula is C15H24BrN3O3. The molecule has 2 N–H and O–H groups in total. The topological polar surface area (TPSA) is 64.1 Å². The van der Waals surface area contributed by atoms with Gasteiger partial charge in [0, 0.05) is 26.7 Å². The average Bonchev–Trinajstić information content (AvgIpc) is 2.50. The predicted molar refractivity (Wildman–Crippen MR) is 91.9 cm³/mol. The largest absolute Gasteiger partial charge is 0.493 e. The fraction of sp³-hybridized carbons (Fsp3) is 0.533. The Morgan fingerprint density at radius 2 is 2.00 bits per heavy atom. The molecule has 1 aromatic carbocycles. The summed E-state index contributed by atoms with van der Waals surface area (Å²) in [7, 11) is 6.65. The third-order valence-electron chi connectivity index (χ3n) is 2.98. The van der Waals surface area contributed by atoms with Gasteiger partial charge in [0.1, 0.15) is 0 Å². The van der Waals surface area contributed by atoms with E-state index in [1.807, 2.05) is 19.1 Å². The maximum absolute atomic E-state index is 5.34. The van der Waals surface area contributed by atoms with E-state index in [-0.39, 0.29) is 6.04 Å². The standard InChI is InChI=1S/C15H24BrN3O3/c1-10(9-20-3)19-15(17-2)18-8-11-6-12(16)14(22-5)13(7-11)21-4/h6-7,10H,8-9H2,1-5H3,(H2,17,18,19). The molecule has 0 heterocycles. The van der Waals surface area contributed by atoms with E-state index in [2.05, 4.69) is 31.6 Å². The summed E-state index contributed by atoms with van der Waals surface area (Å²) < 4.78 is 16.6. The number of halogens is 1. The van der Waals surface area contributed by atoms with Crippen molar-refractivity contribution in [3.63, 3.8) is 0 Å². The molecule has 0 aliphatic rings. The zero-order valence-electron chi connectivity index (χ0n) is 13.7. The molecule has 0 fully saturated rings. The van der Waals surface area contributed by atoms with Crippen LogP contribution in [0.1, 0.15) is 12.5 Å². The molecule has 0 spiro atoms. The van der Waals surface area contributed by atoms with Crippen LogP contribution >= 0.6 is 15.9 Å². The van der Waals surface area contributed by atoms with Gasteiger partial charge in [-0.15, -0.1) is 0 Å². The summed E-state index contributed by atoms with van der Waals surface area (Å²) in [4.78, 5) is 4.20. The molecule has 0 aliphatic carbocycles. The lowest BCUT2D eigenvalue weighted by Crippen LogP contribution is -2.43. The fourth-order valence-electron chi connectivity index (χ4n) is 1.98. The molecule has 1 aromatic rings. The summed E-state index contributed by atoms with van der Waals surface area (Å²) in [6, 6.07) is 4.09. The molecule has 0 amide bonds. The van der Waals surface area contributed by atoms with Crippen LogP contribution in [0, 0.1) is 0 Å². The lowest BCUT2D eigenvalue weighted by molar-refractivity contribution is 0.179. The molecule has 22 heavy (non-hydrogen) atoms. The van der Waals surface area contributed by atoms with E-state index in [4.69, 9.17) is 14.2 Å². The quantitative estimate of drug-likeness (QED) is 0.566. The SMILES string of the molecule is CN=C(NCc1cc(Br)c(OC)c(OC)c1)NC(C)COC. The Morgan fingerprint density at radius 3 is 2.55 bits per heavy atom. The maximum atomic E-state index is 5.34. The molecule has 6 nitrogen and oxygen atoms in total. The first-order chi connectivity index (χ1) is 10.5. The van der Waals surface area contributed by atoms with Gasteiger partial charge in [0.25, 0.3) is 0 Å². The normalized spacial score (nSPS) is 12.7. The van der Waals surface area contributed by atoms with Gasteiger partial charge in [0.2, 0.25) is 0 Å². The van der Waals surface area contributed by atoms with Gasteiger partial charge in [-0.3, -0.25) is 4.99 Å². The summed E-state index contributed by atoms with van der Waals surface area (Å²) in [5.41, 5.74) is 1.05. The molecule has 0 bridgehead atoms. The van der Waals surface area contributed by atoms with Crippen LogP contribution in [0.4, 0.5) is 0 Å². The summed E-state index contributed by atoms with van der Waals surface area (Å²) >= 11 is 3.49. The summed E-state index contributed by atoms with van der Waals surface area (Å²) in [6.45, 7) is 3.25. The number of nitrogens with one attached hydrogen (secondary N) is 2. The fourth-order valence-corrected chi connectivity index (χ4v) is 2.63. The molecule has 1 unspecified atom stereocenters. The molecular weight excluding hydrogens is 350 g/mol. The van der Waals surface area contributed by atoms with Crippen LogP contribution in [0.2, 0.25) is 0 Å². The highest BCUT2D eigenvalue weighted by Gasteiger charge is 2.11. The molecule has 1 atom stereocenters. The van der Waals surface area contributed by atoms with Crippen LogP contribution < -0.4 is 20.1 Å². The number of hydrogen-bond acceptors (Lipinski definition) is 4. The first kappa shape index (κ1) is 18.6. The molecule has 7 heteroatoms. The second-order valence-electron chi connectivity index (χ2n) is 4.74. The highest BCUT2D eigenvalue weighted by Crippen LogP contribution is 2.36. The van der Waals surface area contributed by atoms with Crippen molar-refractivity contribution < 1.29 is 14.2 Å². The number of nitrogens with zero attached hydrogens (tertiary/aromatic N) is 1. The van der Waals surface area contributed by atoms with Crippen LogP contribution in [-0.2, 0) is 11.3 Å². The average molecular weight is 374 g/mol. The zero-order valence-corrected chi connectivity index (χ0v) is 15.3. The van der Waals surface area contributed by atoms with Crippen molar-refractivity contribution in [2.45, 2.75) is 19.5 Å². The number of hydrogen-bond donors (Lipinski definition) is 2. The summed E-state index contributed by atoms with van der Waals surface area (Å²) in [6.07, 6.45) is 0. The Balaban J connectivity index is 2.72. The van der Waals surface area contributed by atoms with E-state index < -0.39 is 0 Å². The third-order valence-corrected chi connectivity index (χ3v) is 3.57. The second kappa shape index (κ2) is 9.53. The van der Waals surface area contributed by atoms with Crippen molar-refractivity contribution in [2.75, 3.05) is 35.0 Å². The van der Waals surface area contributed by atoms with Crippen LogP contribution in [-0.4, -0.2) is 47.0 Å². The van der Waals surface area contributed by atoms with E-state index in [9.17, 15) is 0 Å². The number of benzene rings is 1. The first-order valence-electron chi connectivity index (χ1n) is 6.92. The van der Waals surface area contributed by atoms with Gasteiger partial charge in [-0.25, -0.2) is 0 Å². The van der Waals surface area contributed by atoms with Gasteiger partial charge in [0.05, 0.1) is 25.3 Å². The minimum absolute atomic E-state index is 0.174. The van der Waals surface area contributed by atoms with Crippen molar-refractivity contribution >= 4 is 21.9 Å². The van der Waals surface area contributed by atoms with E-state index in [0.717, 1.165) is 16.0 Å². The lowest BCUT2D eigenvalue weighted by Gasteiger charge is -2.18. The van der Waals surface area contributed by atoms with E-state index >= 15 is 0 Å². The molecule has 0 saturated carbocycles. The number of guanidine groups is 1. The highest BCUT2D eigenvalue weighted by molar-refractivity contribution is 9.10. The van der Waals surface area contributed by atoms with E-state index in [1.165, 1.54) is 0 Å². The minimum Gasteiger partial charge on any atom is -0.493 e. The van der Waals surface area contributed by atoms with Crippen LogP contribution in [0.15, 0.2) is 21.6 Å². The summed E-state index contributed by atoms with van der Waals surface area (Å²) in [5.74, 6) is 2.09. The van der Waals surface area contributed by atoms with Crippen molar-refractivity contribution in [1.29, 1.82) is 0 Å². The Morgan fingerprint density at radius 1 is 1.27 bits per heavy atom. The molecule has 0 saturated heterocycles. The number of aliphatic imine (C=N–C) groups is 1. The number of ether oxygens (including phenoxy) is 3. The molecule has 124 valence electrons. The zero-order chi connectivity index (χ0) is 16.5. The molecule has 0 aromatic heterocycles. The van der Waals surface area contributed by atoms with Crippen molar-refractivity contribution in [2.24, 2.45) is 4.99 Å². The van der Waals surface area contributed by atoms with E-state index in [1.54, 1.807) is 28.4 Å². The maximum Gasteiger partial charge on any atom is 0.191 e. The second-order valence-corrected chi connectivity index (χ2v) is 5.59. The minimum atomic E-state index is 0.174. The lowest BCUT2D eigenvalue weighted by atomic mass is 10.2. The summed E-state index contributed by atoms with van der Waals surface area (Å²) in [5, 5.41) is 6.51. The smallest absolute Gasteiger partial charge is 0.191 e. The van der Waals surface area contributed by atoms with Gasteiger partial charge in [-0.1, -0.05) is 0 Å². The van der Waals surface area contributed by atoms with Crippen molar-refractivity contribution in [3.8, 4) is 11.5 Å². The van der Waals surface area contributed by atoms with Gasteiger partial charge >= 0.3 is 0 Å². The third kappa shape index (κ3) is 5.38.